The lowest BCUT2D eigenvalue weighted by Crippen LogP contribution is -2.23. The summed E-state index contributed by atoms with van der Waals surface area (Å²) in [4.78, 5) is 13.4. The zero-order chi connectivity index (χ0) is 18.6. The van der Waals surface area contributed by atoms with Crippen molar-refractivity contribution in [3.05, 3.63) is 24.3 Å². The van der Waals surface area contributed by atoms with Crippen LogP contribution in [0.1, 0.15) is 75.2 Å². The molecule has 3 heteroatoms. The molecule has 132 valence electrons. The van der Waals surface area contributed by atoms with E-state index < -0.39 is 0 Å². The van der Waals surface area contributed by atoms with Crippen LogP contribution in [0.15, 0.2) is 29.2 Å². The van der Waals surface area contributed by atoms with E-state index in [9.17, 15) is 4.79 Å². The molecule has 1 aromatic carbocycles. The van der Waals surface area contributed by atoms with Gasteiger partial charge < -0.3 is 4.90 Å². The second-order valence-corrected chi connectivity index (χ2v) is 4.05. The first-order chi connectivity index (χ1) is 10.5. The number of anilines is 1. The normalized spacial score (nSPS) is 7.41. The van der Waals surface area contributed by atoms with Crippen molar-refractivity contribution in [1.82, 2.24) is 0 Å². The monoisotopic (exact) mass is 329 g/mol. The molecular weight excluding hydrogens is 290 g/mol. The predicted octanol–water partition coefficient (Wildman–Crippen LogP) is 6.84. The van der Waals surface area contributed by atoms with Crippen LogP contribution < -0.4 is 4.90 Å². The SMILES string of the molecule is CC.CC.CC.CC(=O)N(C)c1ccccc1S.CCCC. The third kappa shape index (κ3) is 17.1. The number of hydrogen-bond donors (Lipinski definition) is 1. The Bertz CT molecular complexity index is 325. The molecule has 1 rings (SSSR count). The van der Waals surface area contributed by atoms with E-state index in [4.69, 9.17) is 0 Å². The summed E-state index contributed by atoms with van der Waals surface area (Å²) in [7, 11) is 1.73. The van der Waals surface area contributed by atoms with Gasteiger partial charge in [-0.3, -0.25) is 4.79 Å². The topological polar surface area (TPSA) is 20.3 Å². The van der Waals surface area contributed by atoms with Gasteiger partial charge in [-0.05, 0) is 12.1 Å². The molecule has 0 aromatic heterocycles. The first kappa shape index (κ1) is 29.1. The lowest BCUT2D eigenvalue weighted by Gasteiger charge is -2.16. The van der Waals surface area contributed by atoms with Gasteiger partial charge in [0, 0.05) is 18.9 Å². The standard InChI is InChI=1S/C9H11NOS.C4H10.3C2H6/c1-7(11)10(2)8-5-3-4-6-9(8)12;1-3-4-2;3*1-2/h3-6,12H,1-2H3;3-4H2,1-2H3;3*1-2H3. The average molecular weight is 330 g/mol. The molecule has 0 atom stereocenters. The van der Waals surface area contributed by atoms with Gasteiger partial charge >= 0.3 is 0 Å². The molecule has 0 aliphatic rings. The molecule has 0 unspecified atom stereocenters. The highest BCUT2D eigenvalue weighted by Crippen LogP contribution is 2.21. The van der Waals surface area contributed by atoms with Gasteiger partial charge in [-0.15, -0.1) is 12.6 Å². The maximum absolute atomic E-state index is 11.0. The minimum absolute atomic E-state index is 0.0106. The number of hydrogen-bond acceptors (Lipinski definition) is 2. The van der Waals surface area contributed by atoms with Crippen LogP contribution in [-0.4, -0.2) is 13.0 Å². The van der Waals surface area contributed by atoms with Gasteiger partial charge in [0.25, 0.3) is 0 Å². The van der Waals surface area contributed by atoms with Crippen molar-refractivity contribution in [2.24, 2.45) is 0 Å². The van der Waals surface area contributed by atoms with Gasteiger partial charge in [-0.2, -0.15) is 0 Å². The smallest absolute Gasteiger partial charge is 0.223 e. The van der Waals surface area contributed by atoms with Crippen molar-refractivity contribution in [3.63, 3.8) is 0 Å². The number of carbonyl (C=O) groups excluding carboxylic acids is 1. The molecule has 0 heterocycles. The largest absolute Gasteiger partial charge is 0.315 e. The van der Waals surface area contributed by atoms with Crippen molar-refractivity contribution >= 4 is 24.2 Å². The second-order valence-electron chi connectivity index (χ2n) is 3.57. The van der Waals surface area contributed by atoms with Crippen LogP contribution >= 0.6 is 12.6 Å². The van der Waals surface area contributed by atoms with Crippen LogP contribution in [0.2, 0.25) is 0 Å². The van der Waals surface area contributed by atoms with E-state index in [0.29, 0.717) is 0 Å². The first-order valence-corrected chi connectivity index (χ1v) is 9.01. The van der Waals surface area contributed by atoms with Gasteiger partial charge in [0.05, 0.1) is 5.69 Å². The number of rotatable bonds is 2. The van der Waals surface area contributed by atoms with Gasteiger partial charge in [0.15, 0.2) is 0 Å². The maximum Gasteiger partial charge on any atom is 0.223 e. The Morgan fingerprint density at radius 2 is 1.32 bits per heavy atom. The Morgan fingerprint density at radius 3 is 1.59 bits per heavy atom. The Hall–Kier alpha value is -0.960. The Labute approximate surface area is 145 Å². The number of nitrogens with zero attached hydrogens (tertiary/aromatic N) is 1. The lowest BCUT2D eigenvalue weighted by atomic mass is 10.3. The summed E-state index contributed by atoms with van der Waals surface area (Å²) in [6, 6.07) is 7.50. The zero-order valence-corrected chi connectivity index (χ0v) is 17.4. The quantitative estimate of drug-likeness (QED) is 0.589. The number of para-hydroxylation sites is 1. The third-order valence-corrected chi connectivity index (χ3v) is 2.59. The molecule has 1 amide bonds. The molecule has 0 spiro atoms. The highest BCUT2D eigenvalue weighted by Gasteiger charge is 2.06. The number of unbranched alkanes of at least 4 members (excludes halogenated alkanes) is 1. The van der Waals surface area contributed by atoms with E-state index in [-0.39, 0.29) is 5.91 Å². The summed E-state index contributed by atoms with van der Waals surface area (Å²) in [5.41, 5.74) is 0.841. The fourth-order valence-electron chi connectivity index (χ4n) is 0.917. The summed E-state index contributed by atoms with van der Waals surface area (Å²) in [5.74, 6) is 0.0106. The molecule has 0 aliphatic carbocycles. The Morgan fingerprint density at radius 1 is 0.955 bits per heavy atom. The maximum atomic E-state index is 11.0. The van der Waals surface area contributed by atoms with Gasteiger partial charge in [-0.1, -0.05) is 80.4 Å². The molecule has 0 N–H and O–H groups in total. The lowest BCUT2D eigenvalue weighted by molar-refractivity contribution is -0.116. The molecule has 1 aromatic rings. The van der Waals surface area contributed by atoms with Crippen molar-refractivity contribution in [2.75, 3.05) is 11.9 Å². The molecular formula is C19H39NOS. The molecule has 0 radical (unpaired) electrons. The molecule has 0 fully saturated rings. The van der Waals surface area contributed by atoms with Gasteiger partial charge in [0.1, 0.15) is 0 Å². The number of benzene rings is 1. The fraction of sp³-hybridized carbons (Fsp3) is 0.632. The van der Waals surface area contributed by atoms with E-state index in [0.717, 1.165) is 10.6 Å². The third-order valence-electron chi connectivity index (χ3n) is 2.22. The first-order valence-electron chi connectivity index (χ1n) is 8.56. The molecule has 0 aliphatic heterocycles. The molecule has 22 heavy (non-hydrogen) atoms. The molecule has 0 saturated carbocycles. The fourth-order valence-corrected chi connectivity index (χ4v) is 1.23. The average Bonchev–Trinajstić information content (AvgIpc) is 2.60. The Kier molecular flexibility index (Phi) is 33.1. The summed E-state index contributed by atoms with van der Waals surface area (Å²) in [5, 5.41) is 0. The van der Waals surface area contributed by atoms with E-state index in [2.05, 4.69) is 26.5 Å². The van der Waals surface area contributed by atoms with E-state index >= 15 is 0 Å². The number of amides is 1. The molecule has 2 nitrogen and oxygen atoms in total. The molecule has 0 saturated heterocycles. The summed E-state index contributed by atoms with van der Waals surface area (Å²) < 4.78 is 0. The van der Waals surface area contributed by atoms with E-state index in [1.165, 1.54) is 19.8 Å². The summed E-state index contributed by atoms with van der Waals surface area (Å²) in [6.45, 7) is 17.9. The zero-order valence-electron chi connectivity index (χ0n) is 16.5. The summed E-state index contributed by atoms with van der Waals surface area (Å²) in [6.07, 6.45) is 2.64. The van der Waals surface area contributed by atoms with Crippen LogP contribution in [0.5, 0.6) is 0 Å². The second kappa shape index (κ2) is 25.0. The van der Waals surface area contributed by atoms with Gasteiger partial charge in [-0.25, -0.2) is 0 Å². The van der Waals surface area contributed by atoms with Crippen molar-refractivity contribution in [2.45, 2.75) is 80.1 Å². The van der Waals surface area contributed by atoms with Crippen LogP contribution in [0.4, 0.5) is 5.69 Å². The molecule has 0 bridgehead atoms. The highest BCUT2D eigenvalue weighted by molar-refractivity contribution is 7.80. The van der Waals surface area contributed by atoms with Crippen molar-refractivity contribution in [1.29, 1.82) is 0 Å². The predicted molar refractivity (Wildman–Crippen MR) is 107 cm³/mol. The number of carbonyl (C=O) groups is 1. The van der Waals surface area contributed by atoms with Crippen LogP contribution in [-0.2, 0) is 4.79 Å². The van der Waals surface area contributed by atoms with Crippen molar-refractivity contribution in [3.8, 4) is 0 Å². The number of thiol groups is 1. The Balaban J connectivity index is -0.000000136. The van der Waals surface area contributed by atoms with Crippen LogP contribution in [0.3, 0.4) is 0 Å². The highest BCUT2D eigenvalue weighted by atomic mass is 32.1. The van der Waals surface area contributed by atoms with Crippen LogP contribution in [0, 0.1) is 0 Å². The minimum atomic E-state index is 0.0106. The van der Waals surface area contributed by atoms with E-state index in [1.54, 1.807) is 11.9 Å². The minimum Gasteiger partial charge on any atom is -0.315 e. The van der Waals surface area contributed by atoms with E-state index in [1.807, 2.05) is 65.8 Å². The summed E-state index contributed by atoms with van der Waals surface area (Å²) >= 11 is 4.24. The van der Waals surface area contributed by atoms with Crippen LogP contribution in [0.25, 0.3) is 0 Å². The van der Waals surface area contributed by atoms with Crippen molar-refractivity contribution < 1.29 is 4.79 Å². The van der Waals surface area contributed by atoms with Gasteiger partial charge in [0.2, 0.25) is 5.91 Å².